The van der Waals surface area contributed by atoms with Gasteiger partial charge in [0.2, 0.25) is 0 Å². The maximum atomic E-state index is 3.83. The zero-order valence-corrected chi connectivity index (χ0v) is 10.6. The highest BCUT2D eigenvalue weighted by Crippen LogP contribution is 2.48. The molecule has 1 N–H and O–H groups in total. The molecule has 0 amide bonds. The Balaban J connectivity index is 1.39. The standard InChI is InChI=1S/C15H27N/c1-2-9-15(8-1)10-6-14(7-11-15)16-12-13-4-3-5-13/h13-14,16H,1-12H2. The average molecular weight is 221 g/mol. The Morgan fingerprint density at radius 1 is 0.812 bits per heavy atom. The lowest BCUT2D eigenvalue weighted by Crippen LogP contribution is -2.40. The first kappa shape index (κ1) is 11.1. The molecule has 0 aromatic carbocycles. The molecule has 1 heteroatoms. The van der Waals surface area contributed by atoms with Crippen LogP contribution in [0.15, 0.2) is 0 Å². The van der Waals surface area contributed by atoms with Crippen molar-refractivity contribution in [3.05, 3.63) is 0 Å². The molecule has 3 rings (SSSR count). The monoisotopic (exact) mass is 221 g/mol. The molecule has 0 unspecified atom stereocenters. The summed E-state index contributed by atoms with van der Waals surface area (Å²) < 4.78 is 0. The maximum absolute atomic E-state index is 3.83. The number of nitrogens with one attached hydrogen (secondary N) is 1. The van der Waals surface area contributed by atoms with E-state index in [-0.39, 0.29) is 0 Å². The third kappa shape index (κ3) is 2.30. The summed E-state index contributed by atoms with van der Waals surface area (Å²) in [6, 6.07) is 0.867. The molecule has 0 heterocycles. The summed E-state index contributed by atoms with van der Waals surface area (Å²) in [6.45, 7) is 1.32. The van der Waals surface area contributed by atoms with E-state index in [1.807, 2.05) is 0 Å². The van der Waals surface area contributed by atoms with Crippen LogP contribution in [0.1, 0.15) is 70.6 Å². The highest BCUT2D eigenvalue weighted by atomic mass is 14.9. The van der Waals surface area contributed by atoms with E-state index in [1.165, 1.54) is 64.3 Å². The Morgan fingerprint density at radius 2 is 1.50 bits per heavy atom. The Morgan fingerprint density at radius 3 is 2.06 bits per heavy atom. The summed E-state index contributed by atoms with van der Waals surface area (Å²) in [5.41, 5.74) is 0.814. The SMILES string of the molecule is C1CC(CNC2CCC3(CCCC3)CC2)C1. The fraction of sp³-hybridized carbons (Fsp3) is 1.00. The zero-order chi connectivity index (χ0) is 10.8. The average Bonchev–Trinajstić information content (AvgIpc) is 2.68. The van der Waals surface area contributed by atoms with Crippen molar-refractivity contribution in [1.82, 2.24) is 5.32 Å². The summed E-state index contributed by atoms with van der Waals surface area (Å²) in [5, 5.41) is 3.83. The van der Waals surface area contributed by atoms with Crippen LogP contribution in [0.3, 0.4) is 0 Å². The van der Waals surface area contributed by atoms with Gasteiger partial charge in [-0.3, -0.25) is 0 Å². The molecular weight excluding hydrogens is 194 g/mol. The highest BCUT2D eigenvalue weighted by Gasteiger charge is 2.37. The van der Waals surface area contributed by atoms with Gasteiger partial charge in [-0.2, -0.15) is 0 Å². The predicted molar refractivity (Wildman–Crippen MR) is 68.5 cm³/mol. The summed E-state index contributed by atoms with van der Waals surface area (Å²) in [5.74, 6) is 1.03. The molecule has 92 valence electrons. The van der Waals surface area contributed by atoms with Gasteiger partial charge in [-0.25, -0.2) is 0 Å². The minimum Gasteiger partial charge on any atom is -0.314 e. The Kier molecular flexibility index (Phi) is 3.24. The van der Waals surface area contributed by atoms with Crippen molar-refractivity contribution in [2.45, 2.75) is 76.7 Å². The minimum atomic E-state index is 0.814. The molecule has 0 aliphatic heterocycles. The van der Waals surface area contributed by atoms with Crippen molar-refractivity contribution >= 4 is 0 Å². The van der Waals surface area contributed by atoms with E-state index in [2.05, 4.69) is 5.32 Å². The normalized spacial score (nSPS) is 30.8. The van der Waals surface area contributed by atoms with Crippen LogP contribution >= 0.6 is 0 Å². The van der Waals surface area contributed by atoms with Crippen LogP contribution in [0.2, 0.25) is 0 Å². The van der Waals surface area contributed by atoms with E-state index in [9.17, 15) is 0 Å². The minimum absolute atomic E-state index is 0.814. The Hall–Kier alpha value is -0.0400. The fourth-order valence-electron chi connectivity index (χ4n) is 4.09. The van der Waals surface area contributed by atoms with Gasteiger partial charge in [0.1, 0.15) is 0 Å². The van der Waals surface area contributed by atoms with E-state index < -0.39 is 0 Å². The first-order valence-corrected chi connectivity index (χ1v) is 7.60. The van der Waals surface area contributed by atoms with Crippen LogP contribution < -0.4 is 5.32 Å². The maximum Gasteiger partial charge on any atom is 0.00675 e. The van der Waals surface area contributed by atoms with Gasteiger partial charge in [-0.05, 0) is 69.2 Å². The van der Waals surface area contributed by atoms with Crippen molar-refractivity contribution in [2.75, 3.05) is 6.54 Å². The quantitative estimate of drug-likeness (QED) is 0.762. The van der Waals surface area contributed by atoms with Gasteiger partial charge in [0.05, 0.1) is 0 Å². The molecule has 3 aliphatic carbocycles. The lowest BCUT2D eigenvalue weighted by atomic mass is 9.71. The second kappa shape index (κ2) is 4.68. The number of rotatable bonds is 3. The van der Waals surface area contributed by atoms with Crippen LogP contribution in [-0.2, 0) is 0 Å². The van der Waals surface area contributed by atoms with Gasteiger partial charge in [-0.1, -0.05) is 19.3 Å². The molecule has 0 radical (unpaired) electrons. The van der Waals surface area contributed by atoms with E-state index in [0.29, 0.717) is 0 Å². The lowest BCUT2D eigenvalue weighted by Gasteiger charge is -2.38. The smallest absolute Gasteiger partial charge is 0.00675 e. The van der Waals surface area contributed by atoms with Crippen molar-refractivity contribution in [3.63, 3.8) is 0 Å². The van der Waals surface area contributed by atoms with E-state index >= 15 is 0 Å². The Labute approximate surface area is 100 Å². The van der Waals surface area contributed by atoms with Crippen molar-refractivity contribution in [1.29, 1.82) is 0 Å². The largest absolute Gasteiger partial charge is 0.314 e. The molecule has 1 nitrogen and oxygen atoms in total. The molecule has 0 saturated heterocycles. The van der Waals surface area contributed by atoms with Gasteiger partial charge >= 0.3 is 0 Å². The van der Waals surface area contributed by atoms with Gasteiger partial charge in [-0.15, -0.1) is 0 Å². The highest BCUT2D eigenvalue weighted by molar-refractivity contribution is 4.91. The van der Waals surface area contributed by atoms with E-state index in [1.54, 1.807) is 12.8 Å². The second-order valence-corrected chi connectivity index (χ2v) is 6.69. The Bertz CT molecular complexity index is 216. The third-order valence-electron chi connectivity index (χ3n) is 5.63. The first-order chi connectivity index (χ1) is 7.86. The molecule has 0 aromatic heterocycles. The molecule has 3 aliphatic rings. The van der Waals surface area contributed by atoms with Crippen molar-refractivity contribution in [2.24, 2.45) is 11.3 Å². The van der Waals surface area contributed by atoms with Crippen LogP contribution in [0.4, 0.5) is 0 Å². The topological polar surface area (TPSA) is 12.0 Å². The van der Waals surface area contributed by atoms with Crippen LogP contribution in [0.25, 0.3) is 0 Å². The predicted octanol–water partition coefficient (Wildman–Crippen LogP) is 3.88. The van der Waals surface area contributed by atoms with Gasteiger partial charge in [0, 0.05) is 6.04 Å². The lowest BCUT2D eigenvalue weighted by molar-refractivity contribution is 0.161. The molecular formula is C15H27N. The molecule has 3 fully saturated rings. The summed E-state index contributed by atoms with van der Waals surface area (Å²) in [7, 11) is 0. The molecule has 1 spiro atoms. The van der Waals surface area contributed by atoms with Crippen molar-refractivity contribution in [3.8, 4) is 0 Å². The second-order valence-electron chi connectivity index (χ2n) is 6.69. The number of hydrogen-bond donors (Lipinski definition) is 1. The molecule has 0 bridgehead atoms. The van der Waals surface area contributed by atoms with E-state index in [4.69, 9.17) is 0 Å². The summed E-state index contributed by atoms with van der Waals surface area (Å²) in [4.78, 5) is 0. The van der Waals surface area contributed by atoms with Gasteiger partial charge in [0.25, 0.3) is 0 Å². The van der Waals surface area contributed by atoms with Crippen LogP contribution in [0, 0.1) is 11.3 Å². The number of hydrogen-bond acceptors (Lipinski definition) is 1. The van der Waals surface area contributed by atoms with Crippen molar-refractivity contribution < 1.29 is 0 Å². The summed E-state index contributed by atoms with van der Waals surface area (Å²) in [6.07, 6.45) is 16.6. The molecule has 3 saturated carbocycles. The van der Waals surface area contributed by atoms with Crippen LogP contribution in [0.5, 0.6) is 0 Å². The third-order valence-corrected chi connectivity index (χ3v) is 5.63. The van der Waals surface area contributed by atoms with Gasteiger partial charge < -0.3 is 5.32 Å². The zero-order valence-electron chi connectivity index (χ0n) is 10.6. The fourth-order valence-corrected chi connectivity index (χ4v) is 4.09. The summed E-state index contributed by atoms with van der Waals surface area (Å²) >= 11 is 0. The first-order valence-electron chi connectivity index (χ1n) is 7.60. The van der Waals surface area contributed by atoms with Gasteiger partial charge in [0.15, 0.2) is 0 Å². The molecule has 16 heavy (non-hydrogen) atoms. The molecule has 0 atom stereocenters. The molecule has 0 aromatic rings. The van der Waals surface area contributed by atoms with E-state index in [0.717, 1.165) is 17.4 Å². The van der Waals surface area contributed by atoms with Crippen LogP contribution in [-0.4, -0.2) is 12.6 Å².